The van der Waals surface area contributed by atoms with E-state index in [1.165, 1.54) is 3.93 Å². The van der Waals surface area contributed by atoms with E-state index in [1.807, 2.05) is 24.4 Å². The fourth-order valence-corrected chi connectivity index (χ4v) is 3.35. The summed E-state index contributed by atoms with van der Waals surface area (Å²) in [5.41, 5.74) is 2.21. The van der Waals surface area contributed by atoms with Gasteiger partial charge in [-0.2, -0.15) is 0 Å². The molecule has 0 bridgehead atoms. The van der Waals surface area contributed by atoms with Crippen LogP contribution in [0.2, 0.25) is 0 Å². The summed E-state index contributed by atoms with van der Waals surface area (Å²) < 4.78 is 6.38. The normalized spacial score (nSPS) is 11.1. The van der Waals surface area contributed by atoms with Crippen molar-refractivity contribution in [3.63, 3.8) is 0 Å². The standard InChI is InChI=1S/C13H13Br3N2O2/c1-20-9-2-3-11-10(6-9)8(7-17-11)4-5-18(16)13(19)12(14)15/h2-3,6-7,12,17H,4-5H2,1H3. The third-order valence-electron chi connectivity index (χ3n) is 2.98. The third kappa shape index (κ3) is 3.56. The molecule has 0 saturated carbocycles. The number of halogens is 3. The topological polar surface area (TPSA) is 45.3 Å². The van der Waals surface area contributed by atoms with Crippen molar-refractivity contribution in [1.29, 1.82) is 0 Å². The van der Waals surface area contributed by atoms with Gasteiger partial charge in [-0.1, -0.05) is 31.9 Å². The second-order valence-electron chi connectivity index (χ2n) is 4.20. The van der Waals surface area contributed by atoms with Gasteiger partial charge in [-0.3, -0.25) is 8.72 Å². The highest BCUT2D eigenvalue weighted by Gasteiger charge is 2.17. The van der Waals surface area contributed by atoms with Gasteiger partial charge in [-0.25, -0.2) is 0 Å². The summed E-state index contributed by atoms with van der Waals surface area (Å²) in [6.45, 7) is 0.580. The van der Waals surface area contributed by atoms with Gasteiger partial charge in [-0.05, 0) is 30.2 Å². The first-order chi connectivity index (χ1) is 9.52. The summed E-state index contributed by atoms with van der Waals surface area (Å²) in [4.78, 5) is 14.9. The fourth-order valence-electron chi connectivity index (χ4n) is 1.93. The fraction of sp³-hybridized carbons (Fsp3) is 0.308. The number of aromatic amines is 1. The van der Waals surface area contributed by atoms with Crippen LogP contribution in [0, 0.1) is 0 Å². The van der Waals surface area contributed by atoms with Gasteiger partial charge in [0.25, 0.3) is 5.91 Å². The zero-order valence-corrected chi connectivity index (χ0v) is 15.5. The number of carbonyl (C=O) groups excluding carboxylic acids is 1. The highest BCUT2D eigenvalue weighted by Crippen LogP contribution is 2.24. The minimum atomic E-state index is -0.377. The van der Waals surface area contributed by atoms with Crippen LogP contribution in [-0.4, -0.2) is 32.2 Å². The highest BCUT2D eigenvalue weighted by atomic mass is 79.9. The van der Waals surface area contributed by atoms with Crippen LogP contribution in [0.15, 0.2) is 24.4 Å². The lowest BCUT2D eigenvalue weighted by Crippen LogP contribution is -2.27. The molecule has 1 aromatic carbocycles. The molecule has 0 saturated heterocycles. The number of alkyl halides is 2. The summed E-state index contributed by atoms with van der Waals surface area (Å²) >= 11 is 9.65. The van der Waals surface area contributed by atoms with Crippen LogP contribution in [0.25, 0.3) is 10.9 Å². The van der Waals surface area contributed by atoms with Crippen LogP contribution in [0.5, 0.6) is 5.75 Å². The summed E-state index contributed by atoms with van der Waals surface area (Å²) in [6.07, 6.45) is 2.71. The average molecular weight is 469 g/mol. The predicted molar refractivity (Wildman–Crippen MR) is 90.8 cm³/mol. The van der Waals surface area contributed by atoms with Gasteiger partial charge in [0.15, 0.2) is 0 Å². The van der Waals surface area contributed by atoms with Gasteiger partial charge in [-0.15, -0.1) is 0 Å². The molecular weight excluding hydrogens is 456 g/mol. The van der Waals surface area contributed by atoms with E-state index in [-0.39, 0.29) is 9.64 Å². The number of nitrogens with zero attached hydrogens (tertiary/aromatic N) is 1. The Morgan fingerprint density at radius 3 is 2.85 bits per heavy atom. The largest absolute Gasteiger partial charge is 0.497 e. The molecule has 0 aliphatic carbocycles. The number of hydrogen-bond acceptors (Lipinski definition) is 2. The first-order valence-corrected chi connectivity index (χ1v) is 8.46. The number of benzene rings is 1. The van der Waals surface area contributed by atoms with Gasteiger partial charge in [0, 0.05) is 23.6 Å². The quantitative estimate of drug-likeness (QED) is 0.533. The number of aromatic nitrogens is 1. The Labute approximate surface area is 142 Å². The molecule has 1 heterocycles. The van der Waals surface area contributed by atoms with Crippen molar-refractivity contribution in [2.24, 2.45) is 0 Å². The molecule has 0 radical (unpaired) electrons. The predicted octanol–water partition coefficient (Wildman–Crippen LogP) is 3.97. The Kier molecular flexibility index (Phi) is 5.51. The molecule has 2 rings (SSSR count). The number of nitrogens with one attached hydrogen (secondary N) is 1. The van der Waals surface area contributed by atoms with Gasteiger partial charge in [0.1, 0.15) is 9.49 Å². The van der Waals surface area contributed by atoms with Crippen molar-refractivity contribution in [2.75, 3.05) is 13.7 Å². The maximum absolute atomic E-state index is 11.7. The van der Waals surface area contributed by atoms with E-state index < -0.39 is 0 Å². The van der Waals surface area contributed by atoms with Crippen LogP contribution in [0.1, 0.15) is 5.56 Å². The van der Waals surface area contributed by atoms with E-state index in [2.05, 4.69) is 53.0 Å². The van der Waals surface area contributed by atoms with E-state index in [9.17, 15) is 4.79 Å². The molecule has 0 spiro atoms. The van der Waals surface area contributed by atoms with Crippen molar-refractivity contribution < 1.29 is 9.53 Å². The number of ether oxygens (including phenoxy) is 1. The number of fused-ring (bicyclic) bond motifs is 1. The molecule has 7 heteroatoms. The van der Waals surface area contributed by atoms with Crippen LogP contribution >= 0.6 is 48.0 Å². The van der Waals surface area contributed by atoms with Gasteiger partial charge < -0.3 is 9.72 Å². The van der Waals surface area contributed by atoms with Gasteiger partial charge in [0.05, 0.1) is 23.3 Å². The minimum absolute atomic E-state index is 0.0672. The second-order valence-corrected chi connectivity index (χ2v) is 8.12. The minimum Gasteiger partial charge on any atom is -0.497 e. The maximum Gasteiger partial charge on any atom is 0.257 e. The summed E-state index contributed by atoms with van der Waals surface area (Å²) in [5, 5.41) is 1.12. The third-order valence-corrected chi connectivity index (χ3v) is 4.47. The number of H-pyrrole nitrogens is 1. The lowest BCUT2D eigenvalue weighted by molar-refractivity contribution is -0.123. The van der Waals surface area contributed by atoms with Crippen molar-refractivity contribution in [1.82, 2.24) is 8.91 Å². The van der Waals surface area contributed by atoms with E-state index in [1.54, 1.807) is 7.11 Å². The molecule has 108 valence electrons. The lowest BCUT2D eigenvalue weighted by Gasteiger charge is -2.14. The van der Waals surface area contributed by atoms with Crippen LogP contribution in [0.4, 0.5) is 0 Å². The van der Waals surface area contributed by atoms with E-state index in [4.69, 9.17) is 4.74 Å². The smallest absolute Gasteiger partial charge is 0.257 e. The zero-order chi connectivity index (χ0) is 14.7. The van der Waals surface area contributed by atoms with Crippen LogP contribution < -0.4 is 4.74 Å². The Morgan fingerprint density at radius 1 is 1.45 bits per heavy atom. The summed E-state index contributed by atoms with van der Waals surface area (Å²) in [7, 11) is 1.65. The number of amides is 1. The van der Waals surface area contributed by atoms with E-state index in [0.29, 0.717) is 6.54 Å². The first kappa shape index (κ1) is 15.9. The summed E-state index contributed by atoms with van der Waals surface area (Å²) in [5.74, 6) is 0.758. The van der Waals surface area contributed by atoms with E-state index in [0.717, 1.165) is 28.6 Å². The Morgan fingerprint density at radius 2 is 2.20 bits per heavy atom. The molecule has 20 heavy (non-hydrogen) atoms. The van der Waals surface area contributed by atoms with Gasteiger partial charge in [0.2, 0.25) is 0 Å². The molecule has 1 aromatic heterocycles. The van der Waals surface area contributed by atoms with Crippen molar-refractivity contribution in [3.8, 4) is 5.75 Å². The first-order valence-electron chi connectivity index (χ1n) is 5.92. The molecule has 0 atom stereocenters. The Hall–Kier alpha value is -0.530. The monoisotopic (exact) mass is 466 g/mol. The molecular formula is C13H13Br3N2O2. The van der Waals surface area contributed by atoms with Gasteiger partial charge >= 0.3 is 0 Å². The second kappa shape index (κ2) is 6.95. The van der Waals surface area contributed by atoms with E-state index >= 15 is 0 Å². The molecule has 1 N–H and O–H groups in total. The van der Waals surface area contributed by atoms with Crippen molar-refractivity contribution in [2.45, 2.75) is 10.2 Å². The number of carbonyl (C=O) groups is 1. The van der Waals surface area contributed by atoms with Crippen molar-refractivity contribution >= 4 is 64.8 Å². The van der Waals surface area contributed by atoms with Crippen LogP contribution in [0.3, 0.4) is 0 Å². The molecule has 0 unspecified atom stereocenters. The SMILES string of the molecule is COc1ccc2[nH]cc(CCN(Br)C(=O)C(Br)Br)c2c1. The van der Waals surface area contributed by atoms with Crippen LogP contribution in [-0.2, 0) is 11.2 Å². The number of rotatable bonds is 5. The molecule has 0 aliphatic rings. The van der Waals surface area contributed by atoms with Crippen molar-refractivity contribution in [3.05, 3.63) is 30.0 Å². The molecule has 2 aromatic rings. The lowest BCUT2D eigenvalue weighted by atomic mass is 10.1. The molecule has 4 nitrogen and oxygen atoms in total. The molecule has 0 fully saturated rings. The highest BCUT2D eigenvalue weighted by molar-refractivity contribution is 9.25. The average Bonchev–Trinajstić information content (AvgIpc) is 2.85. The Balaban J connectivity index is 2.12. The number of methoxy groups -OCH3 is 1. The Bertz CT molecular complexity index is 613. The molecule has 0 aliphatic heterocycles. The summed E-state index contributed by atoms with van der Waals surface area (Å²) in [6, 6.07) is 5.91. The zero-order valence-electron chi connectivity index (χ0n) is 10.7. The number of hydrogen-bond donors (Lipinski definition) is 1. The molecule has 1 amide bonds. The maximum atomic E-state index is 11.7.